The molecule has 0 radical (unpaired) electrons. The summed E-state index contributed by atoms with van der Waals surface area (Å²) in [5, 5.41) is 0.684. The number of aromatic nitrogens is 2. The van der Waals surface area contributed by atoms with Crippen molar-refractivity contribution in [3.8, 4) is 34.2 Å². The van der Waals surface area contributed by atoms with Gasteiger partial charge in [-0.15, -0.1) is 0 Å². The maximum absolute atomic E-state index is 5.92. The number of imidazole rings is 1. The molecule has 0 saturated carbocycles. The molecule has 1 aliphatic rings. The van der Waals surface area contributed by atoms with Gasteiger partial charge in [0.1, 0.15) is 35.8 Å². The van der Waals surface area contributed by atoms with Crippen molar-refractivity contribution in [1.82, 2.24) is 9.55 Å². The zero-order chi connectivity index (χ0) is 21.2. The van der Waals surface area contributed by atoms with Gasteiger partial charge in [0.15, 0.2) is 0 Å². The number of nitrogens with zero attached hydrogens (tertiary/aromatic N) is 2. The summed E-state index contributed by atoms with van der Waals surface area (Å²) < 4.78 is 18.8. The average Bonchev–Trinajstić information content (AvgIpc) is 3.55. The Morgan fingerprint density at radius 1 is 0.935 bits per heavy atom. The van der Waals surface area contributed by atoms with Crippen LogP contribution in [0.3, 0.4) is 0 Å². The maximum Gasteiger partial charge on any atom is 0.127 e. The number of benzene rings is 3. The predicted molar refractivity (Wildman–Crippen MR) is 120 cm³/mol. The number of hydrogen-bond acceptors (Lipinski definition) is 4. The summed E-state index contributed by atoms with van der Waals surface area (Å²) in [5.41, 5.74) is 2.97. The maximum atomic E-state index is 5.92. The van der Waals surface area contributed by atoms with Crippen LogP contribution < -0.4 is 9.47 Å². The molecular weight excluding hydrogens is 412 g/mol. The highest BCUT2D eigenvalue weighted by Crippen LogP contribution is 2.27. The summed E-state index contributed by atoms with van der Waals surface area (Å²) in [7, 11) is 0. The molecule has 1 saturated heterocycles. The first-order chi connectivity index (χ1) is 15.1. The minimum absolute atomic E-state index is 0.251. The predicted octanol–water partition coefficient (Wildman–Crippen LogP) is 6.07. The van der Waals surface area contributed by atoms with Crippen LogP contribution in [0.2, 0.25) is 5.02 Å². The van der Waals surface area contributed by atoms with Gasteiger partial charge >= 0.3 is 0 Å². The molecule has 1 fully saturated rings. The van der Waals surface area contributed by atoms with Crippen molar-refractivity contribution in [1.29, 1.82) is 0 Å². The van der Waals surface area contributed by atoms with E-state index in [1.54, 1.807) is 0 Å². The number of aryl methyl sites for hydroxylation is 1. The molecule has 1 atom stereocenters. The van der Waals surface area contributed by atoms with Gasteiger partial charge in [0.25, 0.3) is 0 Å². The van der Waals surface area contributed by atoms with Gasteiger partial charge in [-0.05, 0) is 79.7 Å². The van der Waals surface area contributed by atoms with Gasteiger partial charge in [-0.25, -0.2) is 4.98 Å². The van der Waals surface area contributed by atoms with E-state index in [4.69, 9.17) is 30.8 Å². The van der Waals surface area contributed by atoms with Gasteiger partial charge in [0, 0.05) is 22.5 Å². The zero-order valence-electron chi connectivity index (χ0n) is 17.0. The Morgan fingerprint density at radius 3 is 2.19 bits per heavy atom. The van der Waals surface area contributed by atoms with Crippen LogP contribution in [0.4, 0.5) is 0 Å². The molecule has 2 heterocycles. The molecule has 0 N–H and O–H groups in total. The monoisotopic (exact) mass is 432 g/mol. The highest BCUT2D eigenvalue weighted by atomic mass is 35.5. The van der Waals surface area contributed by atoms with Gasteiger partial charge in [-0.3, -0.25) is 0 Å². The molecule has 0 bridgehead atoms. The third-order valence-corrected chi connectivity index (χ3v) is 5.29. The van der Waals surface area contributed by atoms with Crippen molar-refractivity contribution < 1.29 is 14.2 Å². The van der Waals surface area contributed by atoms with E-state index in [1.165, 1.54) is 0 Å². The topological polar surface area (TPSA) is 48.8 Å². The largest absolute Gasteiger partial charge is 0.491 e. The van der Waals surface area contributed by atoms with Gasteiger partial charge in [-0.2, -0.15) is 0 Å². The van der Waals surface area contributed by atoms with Crippen LogP contribution in [-0.2, 0) is 4.74 Å². The fourth-order valence-electron chi connectivity index (χ4n) is 3.26. The Labute approximate surface area is 185 Å². The van der Waals surface area contributed by atoms with E-state index in [0.29, 0.717) is 11.6 Å². The van der Waals surface area contributed by atoms with Gasteiger partial charge in [-0.1, -0.05) is 11.6 Å². The molecule has 156 valence electrons. The second kappa shape index (κ2) is 8.46. The quantitative estimate of drug-likeness (QED) is 0.332. The third kappa shape index (κ3) is 4.74. The van der Waals surface area contributed by atoms with Crippen LogP contribution in [-0.4, -0.2) is 28.9 Å². The second-order valence-electron chi connectivity index (χ2n) is 7.38. The normalized spacial score (nSPS) is 15.0. The Bertz CT molecular complexity index is 1170. The summed E-state index contributed by atoms with van der Waals surface area (Å²) in [6.07, 6.45) is 2.29. The highest BCUT2D eigenvalue weighted by molar-refractivity contribution is 6.30. The summed E-state index contributed by atoms with van der Waals surface area (Å²) >= 11 is 5.92. The van der Waals surface area contributed by atoms with E-state index >= 15 is 0 Å². The van der Waals surface area contributed by atoms with Crippen LogP contribution in [0.1, 0.15) is 5.82 Å². The summed E-state index contributed by atoms with van der Waals surface area (Å²) in [5.74, 6) is 3.26. The molecule has 0 spiro atoms. The average molecular weight is 433 g/mol. The first kappa shape index (κ1) is 19.7. The molecule has 0 amide bonds. The highest BCUT2D eigenvalue weighted by Gasteiger charge is 2.23. The summed E-state index contributed by atoms with van der Waals surface area (Å²) in [6, 6.07) is 23.2. The first-order valence-electron chi connectivity index (χ1n) is 10.1. The Balaban J connectivity index is 1.30. The SMILES string of the molecule is Cc1nc(-c2ccc(OCC3CO3)cc2)cn1-c1ccc(Oc2ccc(Cl)cc2)cc1. The lowest BCUT2D eigenvalue weighted by Gasteiger charge is -2.08. The van der Waals surface area contributed by atoms with Gasteiger partial charge < -0.3 is 18.8 Å². The molecule has 3 aromatic carbocycles. The fraction of sp³-hybridized carbons (Fsp3) is 0.160. The number of hydrogen-bond donors (Lipinski definition) is 0. The molecule has 5 rings (SSSR count). The standard InChI is InChI=1S/C25H21ClN2O3/c1-17-27-25(18-2-8-21(9-3-18)29-15-24-16-30-24)14-28(17)20-6-12-23(13-7-20)31-22-10-4-19(26)5-11-22/h2-14,24H,15-16H2,1H3. The first-order valence-corrected chi connectivity index (χ1v) is 10.5. The molecule has 0 aliphatic carbocycles. The number of halogens is 1. The summed E-state index contributed by atoms with van der Waals surface area (Å²) in [6.45, 7) is 3.39. The van der Waals surface area contributed by atoms with E-state index < -0.39 is 0 Å². The number of ether oxygens (including phenoxy) is 3. The van der Waals surface area contributed by atoms with Crippen LogP contribution in [0.25, 0.3) is 16.9 Å². The Morgan fingerprint density at radius 2 is 1.55 bits per heavy atom. The van der Waals surface area contributed by atoms with Crippen LogP contribution in [0.15, 0.2) is 79.0 Å². The Kier molecular flexibility index (Phi) is 5.37. The minimum Gasteiger partial charge on any atom is -0.491 e. The number of rotatable bonds is 7. The van der Waals surface area contributed by atoms with Crippen molar-refractivity contribution in [2.75, 3.05) is 13.2 Å². The van der Waals surface area contributed by atoms with Gasteiger partial charge in [0.05, 0.1) is 12.3 Å². The van der Waals surface area contributed by atoms with Crippen molar-refractivity contribution in [2.24, 2.45) is 0 Å². The van der Waals surface area contributed by atoms with E-state index in [2.05, 4.69) is 4.57 Å². The van der Waals surface area contributed by atoms with Crippen molar-refractivity contribution in [3.05, 3.63) is 89.8 Å². The van der Waals surface area contributed by atoms with Crippen molar-refractivity contribution in [3.63, 3.8) is 0 Å². The minimum atomic E-state index is 0.251. The zero-order valence-corrected chi connectivity index (χ0v) is 17.8. The molecule has 31 heavy (non-hydrogen) atoms. The van der Waals surface area contributed by atoms with Crippen LogP contribution >= 0.6 is 11.6 Å². The molecule has 1 unspecified atom stereocenters. The van der Waals surface area contributed by atoms with Crippen molar-refractivity contribution >= 4 is 11.6 Å². The Hall–Kier alpha value is -3.28. The van der Waals surface area contributed by atoms with E-state index in [9.17, 15) is 0 Å². The van der Waals surface area contributed by atoms with Crippen LogP contribution in [0, 0.1) is 6.92 Å². The smallest absolute Gasteiger partial charge is 0.127 e. The fourth-order valence-corrected chi connectivity index (χ4v) is 3.39. The molecule has 4 aromatic rings. The van der Waals surface area contributed by atoms with Crippen molar-refractivity contribution in [2.45, 2.75) is 13.0 Å². The second-order valence-corrected chi connectivity index (χ2v) is 7.82. The van der Waals surface area contributed by atoms with E-state index in [0.717, 1.165) is 46.6 Å². The van der Waals surface area contributed by atoms with E-state index in [1.807, 2.05) is 85.9 Å². The number of epoxide rings is 1. The lowest BCUT2D eigenvalue weighted by atomic mass is 10.1. The molecular formula is C25H21ClN2O3. The molecule has 1 aromatic heterocycles. The molecule has 5 nitrogen and oxygen atoms in total. The summed E-state index contributed by atoms with van der Waals surface area (Å²) in [4.78, 5) is 4.73. The van der Waals surface area contributed by atoms with E-state index in [-0.39, 0.29) is 6.10 Å². The van der Waals surface area contributed by atoms with Gasteiger partial charge in [0.2, 0.25) is 0 Å². The van der Waals surface area contributed by atoms with Crippen LogP contribution in [0.5, 0.6) is 17.2 Å². The lowest BCUT2D eigenvalue weighted by molar-refractivity contribution is 0.263. The third-order valence-electron chi connectivity index (χ3n) is 5.03. The molecule has 1 aliphatic heterocycles. The molecule has 6 heteroatoms. The lowest BCUT2D eigenvalue weighted by Crippen LogP contribution is -2.03.